The van der Waals surface area contributed by atoms with E-state index in [0.717, 1.165) is 4.52 Å². The molecule has 2 aromatic rings. The lowest BCUT2D eigenvalue weighted by Gasteiger charge is -2.20. The fourth-order valence-electron chi connectivity index (χ4n) is 1.81. The first kappa shape index (κ1) is 14.3. The van der Waals surface area contributed by atoms with Crippen molar-refractivity contribution in [3.63, 3.8) is 0 Å². The summed E-state index contributed by atoms with van der Waals surface area (Å²) >= 11 is 0. The van der Waals surface area contributed by atoms with E-state index in [1.807, 2.05) is 0 Å². The Morgan fingerprint density at radius 3 is 2.35 bits per heavy atom. The predicted molar refractivity (Wildman–Crippen MR) is 63.6 cm³/mol. The highest BCUT2D eigenvalue weighted by molar-refractivity contribution is 5.86. The standard InChI is InChI=1S/C12H12F3N3O2/c1-11(2,3)8-4-7(10(19)20)17-9-6(12(13,14)15)5-16-18(8)9/h4-5H,1-3H3,(H,19,20). The lowest BCUT2D eigenvalue weighted by molar-refractivity contribution is -0.136. The molecule has 5 nitrogen and oxygen atoms in total. The fourth-order valence-corrected chi connectivity index (χ4v) is 1.81. The number of hydrogen-bond donors (Lipinski definition) is 1. The van der Waals surface area contributed by atoms with Crippen molar-refractivity contribution < 1.29 is 23.1 Å². The number of carboxylic acids is 1. The number of hydrogen-bond acceptors (Lipinski definition) is 3. The van der Waals surface area contributed by atoms with E-state index >= 15 is 0 Å². The summed E-state index contributed by atoms with van der Waals surface area (Å²) in [4.78, 5) is 14.6. The van der Waals surface area contributed by atoms with Crippen LogP contribution in [0.1, 0.15) is 42.5 Å². The minimum absolute atomic E-state index is 0.343. The van der Waals surface area contributed by atoms with Gasteiger partial charge in [-0.2, -0.15) is 18.3 Å². The zero-order chi connectivity index (χ0) is 15.3. The number of carbonyl (C=O) groups is 1. The van der Waals surface area contributed by atoms with Gasteiger partial charge in [0.25, 0.3) is 0 Å². The van der Waals surface area contributed by atoms with Gasteiger partial charge in [0.2, 0.25) is 0 Å². The average molecular weight is 287 g/mol. The maximum atomic E-state index is 12.9. The van der Waals surface area contributed by atoms with Crippen LogP contribution in [-0.2, 0) is 11.6 Å². The average Bonchev–Trinajstić information content (AvgIpc) is 2.68. The second-order valence-electron chi connectivity index (χ2n) is 5.37. The van der Waals surface area contributed by atoms with Crippen LogP contribution in [0.25, 0.3) is 5.65 Å². The number of aromatic nitrogens is 3. The summed E-state index contributed by atoms with van der Waals surface area (Å²) < 4.78 is 39.7. The van der Waals surface area contributed by atoms with Crippen molar-refractivity contribution >= 4 is 11.6 Å². The number of alkyl halides is 3. The summed E-state index contributed by atoms with van der Waals surface area (Å²) in [6.07, 6.45) is -3.98. The molecule has 0 aliphatic carbocycles. The number of halogens is 3. The molecule has 0 aromatic carbocycles. The van der Waals surface area contributed by atoms with E-state index in [-0.39, 0.29) is 0 Å². The van der Waals surface area contributed by atoms with E-state index in [1.54, 1.807) is 20.8 Å². The molecule has 2 heterocycles. The van der Waals surface area contributed by atoms with Gasteiger partial charge < -0.3 is 5.11 Å². The molecule has 0 saturated carbocycles. The van der Waals surface area contributed by atoms with E-state index in [4.69, 9.17) is 5.11 Å². The Kier molecular flexibility index (Phi) is 2.99. The second kappa shape index (κ2) is 4.19. The Morgan fingerprint density at radius 1 is 1.30 bits per heavy atom. The molecular weight excluding hydrogens is 275 g/mol. The van der Waals surface area contributed by atoms with Crippen LogP contribution in [0.4, 0.5) is 13.2 Å². The molecule has 108 valence electrons. The van der Waals surface area contributed by atoms with E-state index in [9.17, 15) is 18.0 Å². The van der Waals surface area contributed by atoms with Crippen LogP contribution in [0.5, 0.6) is 0 Å². The van der Waals surface area contributed by atoms with Crippen molar-refractivity contribution in [2.45, 2.75) is 32.4 Å². The van der Waals surface area contributed by atoms with Gasteiger partial charge in [-0.25, -0.2) is 14.3 Å². The van der Waals surface area contributed by atoms with Gasteiger partial charge >= 0.3 is 12.1 Å². The molecule has 8 heteroatoms. The molecule has 1 N–H and O–H groups in total. The number of rotatable bonds is 1. The molecule has 0 unspecified atom stereocenters. The third-order valence-corrected chi connectivity index (χ3v) is 2.76. The topological polar surface area (TPSA) is 67.5 Å². The van der Waals surface area contributed by atoms with Gasteiger partial charge in [0.1, 0.15) is 5.56 Å². The van der Waals surface area contributed by atoms with Crippen molar-refractivity contribution in [1.29, 1.82) is 0 Å². The third-order valence-electron chi connectivity index (χ3n) is 2.76. The van der Waals surface area contributed by atoms with Crippen molar-refractivity contribution in [1.82, 2.24) is 14.6 Å². The monoisotopic (exact) mass is 287 g/mol. The third kappa shape index (κ3) is 2.33. The number of nitrogens with zero attached hydrogens (tertiary/aromatic N) is 3. The fraction of sp³-hybridized carbons (Fsp3) is 0.417. The highest BCUT2D eigenvalue weighted by atomic mass is 19.4. The molecule has 0 spiro atoms. The first-order valence-electron chi connectivity index (χ1n) is 5.71. The quantitative estimate of drug-likeness (QED) is 0.875. The first-order chi connectivity index (χ1) is 9.01. The van der Waals surface area contributed by atoms with Crippen LogP contribution >= 0.6 is 0 Å². The van der Waals surface area contributed by atoms with E-state index in [0.29, 0.717) is 11.9 Å². The van der Waals surface area contributed by atoms with E-state index in [1.165, 1.54) is 6.07 Å². The van der Waals surface area contributed by atoms with Gasteiger partial charge in [-0.1, -0.05) is 20.8 Å². The maximum absolute atomic E-state index is 12.9. The Bertz CT molecular complexity index is 684. The lowest BCUT2D eigenvalue weighted by atomic mass is 9.91. The Labute approximate surface area is 112 Å². The van der Waals surface area contributed by atoms with Gasteiger partial charge in [-0.3, -0.25) is 0 Å². The molecule has 0 bridgehead atoms. The minimum atomic E-state index is -4.64. The van der Waals surface area contributed by atoms with Crippen molar-refractivity contribution in [2.75, 3.05) is 0 Å². The summed E-state index contributed by atoms with van der Waals surface area (Å²) in [6, 6.07) is 1.24. The zero-order valence-electron chi connectivity index (χ0n) is 11.0. The molecule has 2 rings (SSSR count). The van der Waals surface area contributed by atoms with Crippen LogP contribution in [0.2, 0.25) is 0 Å². The molecule has 0 aliphatic rings. The molecule has 0 fully saturated rings. The number of fused-ring (bicyclic) bond motifs is 1. The van der Waals surface area contributed by atoms with Crippen LogP contribution < -0.4 is 0 Å². The van der Waals surface area contributed by atoms with E-state index < -0.39 is 34.5 Å². The summed E-state index contributed by atoms with van der Waals surface area (Å²) in [5, 5.41) is 12.7. The molecule has 0 amide bonds. The molecular formula is C12H12F3N3O2. The highest BCUT2D eigenvalue weighted by Gasteiger charge is 2.36. The minimum Gasteiger partial charge on any atom is -0.477 e. The van der Waals surface area contributed by atoms with Gasteiger partial charge in [0.05, 0.1) is 11.9 Å². The molecule has 20 heavy (non-hydrogen) atoms. The summed E-state index contributed by atoms with van der Waals surface area (Å²) in [5.74, 6) is -1.38. The van der Waals surface area contributed by atoms with Crippen LogP contribution in [0.15, 0.2) is 12.3 Å². The van der Waals surface area contributed by atoms with Crippen molar-refractivity contribution in [2.24, 2.45) is 0 Å². The van der Waals surface area contributed by atoms with Crippen molar-refractivity contribution in [3.8, 4) is 0 Å². The molecule has 2 aromatic heterocycles. The zero-order valence-corrected chi connectivity index (χ0v) is 11.0. The normalized spacial score (nSPS) is 12.9. The molecule has 0 saturated heterocycles. The molecule has 0 aliphatic heterocycles. The summed E-state index contributed by atoms with van der Waals surface area (Å²) in [6.45, 7) is 5.26. The lowest BCUT2D eigenvalue weighted by Crippen LogP contribution is -2.20. The molecule has 0 atom stereocenters. The van der Waals surface area contributed by atoms with Crippen molar-refractivity contribution in [3.05, 3.63) is 29.2 Å². The number of aromatic carboxylic acids is 1. The van der Waals surface area contributed by atoms with Crippen LogP contribution in [-0.4, -0.2) is 25.7 Å². The van der Waals surface area contributed by atoms with E-state index in [2.05, 4.69) is 10.1 Å². The molecule has 0 radical (unpaired) electrons. The summed E-state index contributed by atoms with van der Waals surface area (Å²) in [7, 11) is 0. The first-order valence-corrected chi connectivity index (χ1v) is 5.71. The second-order valence-corrected chi connectivity index (χ2v) is 5.37. The van der Waals surface area contributed by atoms with Gasteiger partial charge in [0.15, 0.2) is 11.3 Å². The summed E-state index contributed by atoms with van der Waals surface area (Å²) in [5.41, 5.74) is -2.22. The maximum Gasteiger partial charge on any atom is 0.421 e. The SMILES string of the molecule is CC(C)(C)c1cc(C(=O)O)nc2c(C(F)(F)F)cnn12. The van der Waals surface area contributed by atoms with Crippen LogP contribution in [0, 0.1) is 0 Å². The smallest absolute Gasteiger partial charge is 0.421 e. The Morgan fingerprint density at radius 2 is 1.90 bits per heavy atom. The van der Waals surface area contributed by atoms with Gasteiger partial charge in [0, 0.05) is 5.41 Å². The highest BCUT2D eigenvalue weighted by Crippen LogP contribution is 2.33. The van der Waals surface area contributed by atoms with Gasteiger partial charge in [-0.05, 0) is 6.07 Å². The predicted octanol–water partition coefficient (Wildman–Crippen LogP) is 2.74. The number of carboxylic acid groups (broad SMARTS) is 1. The Balaban J connectivity index is 2.87. The Hall–Kier alpha value is -2.12. The largest absolute Gasteiger partial charge is 0.477 e. The van der Waals surface area contributed by atoms with Crippen LogP contribution in [0.3, 0.4) is 0 Å². The van der Waals surface area contributed by atoms with Gasteiger partial charge in [-0.15, -0.1) is 0 Å².